The van der Waals surface area contributed by atoms with E-state index in [0.717, 1.165) is 11.3 Å². The van der Waals surface area contributed by atoms with Gasteiger partial charge in [0.2, 0.25) is 5.91 Å². The van der Waals surface area contributed by atoms with Gasteiger partial charge >= 0.3 is 6.03 Å². The van der Waals surface area contributed by atoms with E-state index in [1.165, 1.54) is 12.1 Å². The molecule has 1 saturated heterocycles. The van der Waals surface area contributed by atoms with Gasteiger partial charge in [-0.15, -0.1) is 0 Å². The predicted molar refractivity (Wildman–Crippen MR) is 97.1 cm³/mol. The molecule has 2 aromatic carbocycles. The summed E-state index contributed by atoms with van der Waals surface area (Å²) in [4.78, 5) is 27.8. The van der Waals surface area contributed by atoms with Gasteiger partial charge in [0.1, 0.15) is 11.9 Å². The number of rotatable bonds is 4. The van der Waals surface area contributed by atoms with Crippen molar-refractivity contribution in [2.24, 2.45) is 5.73 Å². The number of nitrogens with one attached hydrogen (secondary N) is 1. The molecule has 3 rings (SSSR count). The number of carbonyl (C=O) groups excluding carboxylic acids is 2. The van der Waals surface area contributed by atoms with Crippen molar-refractivity contribution in [3.63, 3.8) is 0 Å². The quantitative estimate of drug-likeness (QED) is 0.877. The van der Waals surface area contributed by atoms with Crippen LogP contribution < -0.4 is 16.0 Å². The number of nitrogens with two attached hydrogens (primary N) is 1. The number of nitrogens with zero attached hydrogens (tertiary/aromatic N) is 2. The van der Waals surface area contributed by atoms with Gasteiger partial charge in [0.05, 0.1) is 0 Å². The van der Waals surface area contributed by atoms with E-state index in [1.807, 2.05) is 35.2 Å². The van der Waals surface area contributed by atoms with Gasteiger partial charge in [-0.1, -0.05) is 30.3 Å². The largest absolute Gasteiger partial charge is 0.369 e. The molecule has 1 heterocycles. The van der Waals surface area contributed by atoms with Crippen LogP contribution in [0, 0.1) is 5.82 Å². The van der Waals surface area contributed by atoms with E-state index >= 15 is 0 Å². The average Bonchev–Trinajstić information content (AvgIpc) is 2.63. The van der Waals surface area contributed by atoms with E-state index in [-0.39, 0.29) is 5.82 Å². The van der Waals surface area contributed by atoms with E-state index < -0.39 is 18.0 Å². The Hall–Kier alpha value is -2.93. The van der Waals surface area contributed by atoms with Crippen LogP contribution in [-0.2, 0) is 4.79 Å². The Morgan fingerprint density at radius 1 is 0.962 bits per heavy atom. The van der Waals surface area contributed by atoms with Gasteiger partial charge in [-0.3, -0.25) is 15.0 Å². The van der Waals surface area contributed by atoms with Gasteiger partial charge < -0.3 is 10.6 Å². The second-order valence-electron chi connectivity index (χ2n) is 6.17. The number of carbonyl (C=O) groups is 2. The Kier molecular flexibility index (Phi) is 5.48. The highest BCUT2D eigenvalue weighted by Gasteiger charge is 2.31. The number of primary amides is 1. The number of halogens is 1. The smallest absolute Gasteiger partial charge is 0.318 e. The lowest BCUT2D eigenvalue weighted by Gasteiger charge is -2.39. The van der Waals surface area contributed by atoms with E-state index in [4.69, 9.17) is 5.73 Å². The van der Waals surface area contributed by atoms with E-state index in [1.54, 1.807) is 12.1 Å². The molecule has 136 valence electrons. The Bertz CT molecular complexity index is 759. The molecule has 2 aromatic rings. The highest BCUT2D eigenvalue weighted by atomic mass is 19.1. The van der Waals surface area contributed by atoms with E-state index in [0.29, 0.717) is 26.2 Å². The van der Waals surface area contributed by atoms with Gasteiger partial charge in [-0.05, 0) is 29.8 Å². The zero-order valence-corrected chi connectivity index (χ0v) is 14.3. The van der Waals surface area contributed by atoms with Gasteiger partial charge in [-0.25, -0.2) is 9.18 Å². The molecule has 0 bridgehead atoms. The molecule has 3 amide bonds. The van der Waals surface area contributed by atoms with Crippen LogP contribution in [0.3, 0.4) is 0 Å². The number of imide groups is 1. The van der Waals surface area contributed by atoms with E-state index in [2.05, 4.69) is 10.2 Å². The fourth-order valence-electron chi connectivity index (χ4n) is 3.24. The van der Waals surface area contributed by atoms with Crippen LogP contribution in [0.15, 0.2) is 54.6 Å². The molecule has 1 fully saturated rings. The maximum atomic E-state index is 13.1. The topological polar surface area (TPSA) is 78.7 Å². The highest BCUT2D eigenvalue weighted by Crippen LogP contribution is 2.24. The molecule has 1 aliphatic rings. The van der Waals surface area contributed by atoms with Crippen LogP contribution in [-0.4, -0.2) is 43.0 Å². The second-order valence-corrected chi connectivity index (χ2v) is 6.17. The Labute approximate surface area is 151 Å². The van der Waals surface area contributed by atoms with Gasteiger partial charge in [-0.2, -0.15) is 0 Å². The molecule has 3 N–H and O–H groups in total. The molecule has 1 atom stereocenters. The summed E-state index contributed by atoms with van der Waals surface area (Å²) in [5, 5.41) is 2.19. The third-order valence-corrected chi connectivity index (χ3v) is 4.48. The minimum Gasteiger partial charge on any atom is -0.369 e. The molecule has 1 aliphatic heterocycles. The Balaban J connectivity index is 1.73. The van der Waals surface area contributed by atoms with E-state index in [9.17, 15) is 14.0 Å². The first-order chi connectivity index (χ1) is 12.5. The summed E-state index contributed by atoms with van der Waals surface area (Å²) in [6.07, 6.45) is 0. The summed E-state index contributed by atoms with van der Waals surface area (Å²) < 4.78 is 13.1. The first-order valence-corrected chi connectivity index (χ1v) is 8.44. The van der Waals surface area contributed by atoms with Crippen molar-refractivity contribution in [3.05, 3.63) is 66.0 Å². The lowest BCUT2D eigenvalue weighted by Crippen LogP contribution is -2.52. The molecule has 0 spiro atoms. The monoisotopic (exact) mass is 356 g/mol. The van der Waals surface area contributed by atoms with Crippen molar-refractivity contribution < 1.29 is 14.0 Å². The standard InChI is InChI=1S/C19H21FN4O2/c20-15-6-8-16(9-7-15)23-10-12-24(13-11-23)17(18(25)22-19(21)26)14-4-2-1-3-5-14/h1-9,17H,10-13H2,(H3,21,22,25,26)/t17-/m0/s1. The summed E-state index contributed by atoms with van der Waals surface area (Å²) >= 11 is 0. The van der Waals surface area contributed by atoms with Crippen LogP contribution in [0.4, 0.5) is 14.9 Å². The maximum absolute atomic E-state index is 13.1. The summed E-state index contributed by atoms with van der Waals surface area (Å²) in [5.41, 5.74) is 6.88. The van der Waals surface area contributed by atoms with Crippen molar-refractivity contribution in [2.45, 2.75) is 6.04 Å². The summed E-state index contributed by atoms with van der Waals surface area (Å²) in [6, 6.07) is 14.2. The van der Waals surface area contributed by atoms with Crippen LogP contribution in [0.2, 0.25) is 0 Å². The summed E-state index contributed by atoms with van der Waals surface area (Å²) in [6.45, 7) is 2.64. The molecule has 0 aliphatic carbocycles. The van der Waals surface area contributed by atoms with Crippen LogP contribution in [0.1, 0.15) is 11.6 Å². The number of amides is 3. The molecule has 7 heteroatoms. The van der Waals surface area contributed by atoms with Crippen LogP contribution in [0.5, 0.6) is 0 Å². The van der Waals surface area contributed by atoms with Gasteiger partial charge in [0, 0.05) is 31.9 Å². The fraction of sp³-hybridized carbons (Fsp3) is 0.263. The fourth-order valence-corrected chi connectivity index (χ4v) is 3.24. The SMILES string of the molecule is NC(=O)NC(=O)[C@H](c1ccccc1)N1CCN(c2ccc(F)cc2)CC1. The maximum Gasteiger partial charge on any atom is 0.318 e. The Morgan fingerprint density at radius 2 is 1.58 bits per heavy atom. The zero-order valence-electron chi connectivity index (χ0n) is 14.3. The molecule has 0 aromatic heterocycles. The van der Waals surface area contributed by atoms with Crippen molar-refractivity contribution in [3.8, 4) is 0 Å². The minimum atomic E-state index is -0.860. The number of piperazine rings is 1. The molecule has 6 nitrogen and oxygen atoms in total. The van der Waals surface area contributed by atoms with Crippen molar-refractivity contribution in [1.29, 1.82) is 0 Å². The third-order valence-electron chi connectivity index (χ3n) is 4.48. The normalized spacial score (nSPS) is 16.1. The van der Waals surface area contributed by atoms with Gasteiger partial charge in [0.25, 0.3) is 0 Å². The summed E-state index contributed by atoms with van der Waals surface area (Å²) in [5.74, 6) is -0.696. The zero-order chi connectivity index (χ0) is 18.5. The third kappa shape index (κ3) is 4.18. The molecule has 0 unspecified atom stereocenters. The number of benzene rings is 2. The number of hydrogen-bond donors (Lipinski definition) is 2. The first-order valence-electron chi connectivity index (χ1n) is 8.44. The van der Waals surface area contributed by atoms with Crippen molar-refractivity contribution in [2.75, 3.05) is 31.1 Å². The van der Waals surface area contributed by atoms with Crippen LogP contribution >= 0.6 is 0 Å². The molecule has 0 saturated carbocycles. The lowest BCUT2D eigenvalue weighted by atomic mass is 10.0. The number of urea groups is 1. The van der Waals surface area contributed by atoms with Crippen molar-refractivity contribution >= 4 is 17.6 Å². The Morgan fingerprint density at radius 3 is 2.15 bits per heavy atom. The lowest BCUT2D eigenvalue weighted by molar-refractivity contribution is -0.125. The molecular weight excluding hydrogens is 335 g/mol. The number of anilines is 1. The first kappa shape index (κ1) is 17.9. The molecular formula is C19H21FN4O2. The second kappa shape index (κ2) is 7.97. The van der Waals surface area contributed by atoms with Gasteiger partial charge in [0.15, 0.2) is 0 Å². The summed E-state index contributed by atoms with van der Waals surface area (Å²) in [7, 11) is 0. The highest BCUT2D eigenvalue weighted by molar-refractivity contribution is 5.96. The molecule has 0 radical (unpaired) electrons. The average molecular weight is 356 g/mol. The van der Waals surface area contributed by atoms with Crippen LogP contribution in [0.25, 0.3) is 0 Å². The molecule has 26 heavy (non-hydrogen) atoms. The predicted octanol–water partition coefficient (Wildman–Crippen LogP) is 1.88. The van der Waals surface area contributed by atoms with Crippen molar-refractivity contribution in [1.82, 2.24) is 10.2 Å². The number of hydrogen-bond acceptors (Lipinski definition) is 4. The minimum absolute atomic E-state index is 0.264.